The molecular formula is C13H26OS. The van der Waals surface area contributed by atoms with Crippen LogP contribution in [0.5, 0.6) is 0 Å². The van der Waals surface area contributed by atoms with Gasteiger partial charge in [0.2, 0.25) is 0 Å². The summed E-state index contributed by atoms with van der Waals surface area (Å²) < 4.78 is 5.44. The minimum atomic E-state index is 0.839. The molecule has 0 atom stereocenters. The zero-order valence-electron chi connectivity index (χ0n) is 9.92. The van der Waals surface area contributed by atoms with Crippen molar-refractivity contribution < 1.29 is 4.74 Å². The molecular weight excluding hydrogens is 204 g/mol. The van der Waals surface area contributed by atoms with Crippen LogP contribution in [0.3, 0.4) is 0 Å². The molecule has 0 rings (SSSR count). The predicted octanol–water partition coefficient (Wildman–Crippen LogP) is 4.24. The van der Waals surface area contributed by atoms with Gasteiger partial charge in [0.1, 0.15) is 0 Å². The van der Waals surface area contributed by atoms with Crippen molar-refractivity contribution in [2.24, 2.45) is 0 Å². The molecule has 0 aliphatic carbocycles. The van der Waals surface area contributed by atoms with Gasteiger partial charge in [-0.05, 0) is 25.0 Å². The van der Waals surface area contributed by atoms with Crippen LogP contribution in [-0.4, -0.2) is 19.0 Å². The largest absolute Gasteiger partial charge is 0.381 e. The van der Waals surface area contributed by atoms with Crippen LogP contribution >= 0.6 is 12.6 Å². The third kappa shape index (κ3) is 14.1. The van der Waals surface area contributed by atoms with E-state index in [1.165, 1.54) is 44.9 Å². The minimum absolute atomic E-state index is 0.839. The molecule has 0 N–H and O–H groups in total. The van der Waals surface area contributed by atoms with Crippen molar-refractivity contribution in [3.05, 3.63) is 12.7 Å². The summed E-state index contributed by atoms with van der Waals surface area (Å²) >= 11 is 4.20. The maximum absolute atomic E-state index is 5.44. The lowest BCUT2D eigenvalue weighted by Gasteiger charge is -2.02. The van der Waals surface area contributed by atoms with Crippen LogP contribution in [0.4, 0.5) is 0 Å². The molecule has 2 heteroatoms. The van der Waals surface area contributed by atoms with Gasteiger partial charge < -0.3 is 4.74 Å². The Balaban J connectivity index is 2.83. The van der Waals surface area contributed by atoms with Crippen molar-refractivity contribution in [3.63, 3.8) is 0 Å². The monoisotopic (exact) mass is 230 g/mol. The van der Waals surface area contributed by atoms with Crippen molar-refractivity contribution in [3.8, 4) is 0 Å². The van der Waals surface area contributed by atoms with Gasteiger partial charge in [0.25, 0.3) is 0 Å². The fraction of sp³-hybridized carbons (Fsp3) is 0.846. The first-order valence-electron chi connectivity index (χ1n) is 6.21. The molecule has 15 heavy (non-hydrogen) atoms. The molecule has 0 aromatic rings. The van der Waals surface area contributed by atoms with Gasteiger partial charge in [-0.25, -0.2) is 0 Å². The van der Waals surface area contributed by atoms with Crippen LogP contribution in [0.25, 0.3) is 0 Å². The molecule has 0 saturated carbocycles. The predicted molar refractivity (Wildman–Crippen MR) is 71.8 cm³/mol. The van der Waals surface area contributed by atoms with E-state index in [0.717, 1.165) is 25.4 Å². The molecule has 0 spiro atoms. The zero-order valence-corrected chi connectivity index (χ0v) is 10.8. The van der Waals surface area contributed by atoms with Gasteiger partial charge in [0.05, 0.1) is 0 Å². The average Bonchev–Trinajstić information content (AvgIpc) is 2.26. The van der Waals surface area contributed by atoms with E-state index < -0.39 is 0 Å². The molecule has 1 nitrogen and oxygen atoms in total. The van der Waals surface area contributed by atoms with Gasteiger partial charge >= 0.3 is 0 Å². The lowest BCUT2D eigenvalue weighted by molar-refractivity contribution is 0.134. The van der Waals surface area contributed by atoms with Crippen molar-refractivity contribution in [1.29, 1.82) is 0 Å². The van der Waals surface area contributed by atoms with E-state index in [0.29, 0.717) is 0 Å². The highest BCUT2D eigenvalue weighted by molar-refractivity contribution is 7.80. The van der Waals surface area contributed by atoms with Crippen LogP contribution in [0, 0.1) is 0 Å². The van der Waals surface area contributed by atoms with Crippen molar-refractivity contribution in [1.82, 2.24) is 0 Å². The van der Waals surface area contributed by atoms with Gasteiger partial charge in [-0.2, -0.15) is 12.6 Å². The Morgan fingerprint density at radius 1 is 0.867 bits per heavy atom. The normalized spacial score (nSPS) is 10.5. The van der Waals surface area contributed by atoms with E-state index in [1.54, 1.807) is 0 Å². The SMILES string of the molecule is C=CCCOCCCCCCCCCS. The Morgan fingerprint density at radius 2 is 1.47 bits per heavy atom. The van der Waals surface area contributed by atoms with E-state index >= 15 is 0 Å². The fourth-order valence-electron chi connectivity index (χ4n) is 1.47. The summed E-state index contributed by atoms with van der Waals surface area (Å²) in [6.07, 6.45) is 12.1. The fourth-order valence-corrected chi connectivity index (χ4v) is 1.69. The third-order valence-corrected chi connectivity index (χ3v) is 2.73. The van der Waals surface area contributed by atoms with Crippen molar-refractivity contribution in [2.75, 3.05) is 19.0 Å². The van der Waals surface area contributed by atoms with Crippen LogP contribution in [-0.2, 0) is 4.74 Å². The Hall–Kier alpha value is 0.0500. The number of hydrogen-bond acceptors (Lipinski definition) is 2. The van der Waals surface area contributed by atoms with E-state index in [2.05, 4.69) is 19.2 Å². The molecule has 0 amide bonds. The quantitative estimate of drug-likeness (QED) is 0.300. The maximum atomic E-state index is 5.44. The summed E-state index contributed by atoms with van der Waals surface area (Å²) in [5, 5.41) is 0. The molecule has 0 aromatic carbocycles. The summed E-state index contributed by atoms with van der Waals surface area (Å²) in [7, 11) is 0. The second kappa shape index (κ2) is 14.1. The van der Waals surface area contributed by atoms with Crippen LogP contribution in [0.15, 0.2) is 12.7 Å². The van der Waals surface area contributed by atoms with E-state index in [9.17, 15) is 0 Å². The second-order valence-electron chi connectivity index (χ2n) is 3.89. The summed E-state index contributed by atoms with van der Waals surface area (Å²) in [5.41, 5.74) is 0. The standard InChI is InChI=1S/C13H26OS/c1-2-3-11-14-12-9-7-5-4-6-8-10-13-15/h2,15H,1,3-13H2. The van der Waals surface area contributed by atoms with Crippen LogP contribution in [0.1, 0.15) is 51.4 Å². The highest BCUT2D eigenvalue weighted by Gasteiger charge is 1.91. The molecule has 0 aliphatic heterocycles. The first kappa shape index (κ1) is 15.0. The first-order valence-corrected chi connectivity index (χ1v) is 6.84. The van der Waals surface area contributed by atoms with Gasteiger partial charge in [0, 0.05) is 13.2 Å². The van der Waals surface area contributed by atoms with Crippen LogP contribution in [0.2, 0.25) is 0 Å². The second-order valence-corrected chi connectivity index (χ2v) is 4.34. The van der Waals surface area contributed by atoms with Gasteiger partial charge in [-0.3, -0.25) is 0 Å². The van der Waals surface area contributed by atoms with Gasteiger partial charge in [-0.15, -0.1) is 6.58 Å². The van der Waals surface area contributed by atoms with Gasteiger partial charge in [0.15, 0.2) is 0 Å². The van der Waals surface area contributed by atoms with Gasteiger partial charge in [-0.1, -0.05) is 38.2 Å². The summed E-state index contributed by atoms with van der Waals surface area (Å²) in [5.74, 6) is 1.04. The topological polar surface area (TPSA) is 9.23 Å². The van der Waals surface area contributed by atoms with E-state index in [1.807, 2.05) is 6.08 Å². The Morgan fingerprint density at radius 3 is 2.07 bits per heavy atom. The lowest BCUT2D eigenvalue weighted by atomic mass is 10.1. The van der Waals surface area contributed by atoms with Crippen molar-refractivity contribution in [2.45, 2.75) is 51.4 Å². The smallest absolute Gasteiger partial charge is 0.0500 e. The Bertz CT molecular complexity index is 126. The first-order chi connectivity index (χ1) is 7.41. The maximum Gasteiger partial charge on any atom is 0.0500 e. The Labute approximate surface area is 101 Å². The lowest BCUT2D eigenvalue weighted by Crippen LogP contribution is -1.95. The molecule has 90 valence electrons. The summed E-state index contributed by atoms with van der Waals surface area (Å²) in [6.45, 7) is 5.42. The van der Waals surface area contributed by atoms with Crippen LogP contribution < -0.4 is 0 Å². The highest BCUT2D eigenvalue weighted by atomic mass is 32.1. The molecule has 0 saturated heterocycles. The number of rotatable bonds is 12. The number of thiol groups is 1. The molecule has 0 radical (unpaired) electrons. The minimum Gasteiger partial charge on any atom is -0.381 e. The summed E-state index contributed by atoms with van der Waals surface area (Å²) in [6, 6.07) is 0. The number of hydrogen-bond donors (Lipinski definition) is 1. The molecule has 0 fully saturated rings. The molecule has 0 bridgehead atoms. The third-order valence-electron chi connectivity index (χ3n) is 2.41. The zero-order chi connectivity index (χ0) is 11.2. The Kier molecular flexibility index (Phi) is 14.1. The molecule has 0 aromatic heterocycles. The van der Waals surface area contributed by atoms with E-state index in [4.69, 9.17) is 4.74 Å². The number of unbranched alkanes of at least 4 members (excludes halogenated alkanes) is 6. The number of ether oxygens (including phenoxy) is 1. The summed E-state index contributed by atoms with van der Waals surface area (Å²) in [4.78, 5) is 0. The van der Waals surface area contributed by atoms with Crippen molar-refractivity contribution >= 4 is 12.6 Å². The highest BCUT2D eigenvalue weighted by Crippen LogP contribution is 2.07. The molecule has 0 aliphatic rings. The molecule has 0 heterocycles. The molecule has 0 unspecified atom stereocenters. The average molecular weight is 230 g/mol. The van der Waals surface area contributed by atoms with E-state index in [-0.39, 0.29) is 0 Å².